The fourth-order valence-corrected chi connectivity index (χ4v) is 2.83. The van der Waals surface area contributed by atoms with E-state index in [0.717, 1.165) is 26.2 Å². The number of nitrogens with two attached hydrogens (primary N) is 1. The summed E-state index contributed by atoms with van der Waals surface area (Å²) in [6.07, 6.45) is 3.79. The van der Waals surface area contributed by atoms with E-state index in [1.54, 1.807) is 6.20 Å². The van der Waals surface area contributed by atoms with Crippen molar-refractivity contribution in [1.82, 2.24) is 20.4 Å². The number of nitrogens with zero attached hydrogens (tertiary/aromatic N) is 3. The standard InChI is InChI=1S/C12H22N6O/c13-11-15-2-1-12(16-11,17-5-3-14-4-6-17)18-7-9-19-10-8-18/h1-2,14H,3-10H2,(H3,13,15,16)/i3D. The summed E-state index contributed by atoms with van der Waals surface area (Å²) in [5.41, 5.74) is 5.90. The zero-order valence-electron chi connectivity index (χ0n) is 12.0. The van der Waals surface area contributed by atoms with E-state index >= 15 is 0 Å². The van der Waals surface area contributed by atoms with Gasteiger partial charge in [-0.1, -0.05) is 0 Å². The third kappa shape index (κ3) is 2.46. The van der Waals surface area contributed by atoms with Gasteiger partial charge in [0.2, 0.25) is 0 Å². The molecule has 0 aromatic carbocycles. The average Bonchev–Trinajstić information content (AvgIpc) is 2.48. The molecule has 7 heteroatoms. The Morgan fingerprint density at radius 1 is 1.32 bits per heavy atom. The van der Waals surface area contributed by atoms with Gasteiger partial charge in [0, 0.05) is 46.8 Å². The van der Waals surface area contributed by atoms with Gasteiger partial charge in [0.25, 0.3) is 0 Å². The molecule has 3 rings (SSSR count). The van der Waals surface area contributed by atoms with Crippen molar-refractivity contribution in [2.45, 2.75) is 5.79 Å². The molecule has 0 aromatic heterocycles. The van der Waals surface area contributed by atoms with Crippen LogP contribution in [-0.2, 0) is 4.74 Å². The van der Waals surface area contributed by atoms with Gasteiger partial charge in [-0.25, -0.2) is 4.99 Å². The van der Waals surface area contributed by atoms with Crippen LogP contribution in [0.1, 0.15) is 1.37 Å². The number of nitrogens with one attached hydrogen (secondary N) is 2. The first-order valence-corrected chi connectivity index (χ1v) is 6.73. The average molecular weight is 267 g/mol. The van der Waals surface area contributed by atoms with Crippen LogP contribution in [0.4, 0.5) is 0 Å². The highest BCUT2D eigenvalue weighted by Gasteiger charge is 2.42. The van der Waals surface area contributed by atoms with Crippen LogP contribution in [0.25, 0.3) is 0 Å². The number of rotatable bonds is 2. The Kier molecular flexibility index (Phi) is 3.35. The molecular weight excluding hydrogens is 244 g/mol. The summed E-state index contributed by atoms with van der Waals surface area (Å²) in [6.45, 7) is 5.10. The summed E-state index contributed by atoms with van der Waals surface area (Å²) in [7, 11) is 0. The zero-order chi connectivity index (χ0) is 14.0. The molecule has 0 aliphatic carbocycles. The molecule has 3 aliphatic heterocycles. The van der Waals surface area contributed by atoms with Gasteiger partial charge in [-0.15, -0.1) is 0 Å². The van der Waals surface area contributed by atoms with Crippen LogP contribution in [0.3, 0.4) is 0 Å². The third-order valence-electron chi connectivity index (χ3n) is 3.79. The van der Waals surface area contributed by atoms with Crippen molar-refractivity contribution in [3.63, 3.8) is 0 Å². The number of ether oxygens (including phenoxy) is 1. The molecule has 2 atom stereocenters. The molecule has 0 bridgehead atoms. The molecule has 7 nitrogen and oxygen atoms in total. The highest BCUT2D eigenvalue weighted by atomic mass is 16.5. The largest absolute Gasteiger partial charge is 0.379 e. The molecule has 4 N–H and O–H groups in total. The number of hydrogen-bond donors (Lipinski definition) is 3. The minimum Gasteiger partial charge on any atom is -0.379 e. The van der Waals surface area contributed by atoms with Crippen LogP contribution in [0, 0.1) is 0 Å². The quantitative estimate of drug-likeness (QED) is 0.554. The van der Waals surface area contributed by atoms with E-state index in [2.05, 4.69) is 25.4 Å². The molecule has 2 unspecified atom stereocenters. The summed E-state index contributed by atoms with van der Waals surface area (Å²) in [4.78, 5) is 8.66. The highest BCUT2D eigenvalue weighted by Crippen LogP contribution is 2.23. The highest BCUT2D eigenvalue weighted by molar-refractivity contribution is 5.80. The molecular formula is C12H22N6O. The fraction of sp³-hybridized carbons (Fsp3) is 0.750. The van der Waals surface area contributed by atoms with E-state index in [1.165, 1.54) is 0 Å². The van der Waals surface area contributed by atoms with Gasteiger partial charge in [0.1, 0.15) is 0 Å². The van der Waals surface area contributed by atoms with Gasteiger partial charge < -0.3 is 21.1 Å². The predicted molar refractivity (Wildman–Crippen MR) is 73.5 cm³/mol. The van der Waals surface area contributed by atoms with Gasteiger partial charge in [-0.05, 0) is 6.08 Å². The smallest absolute Gasteiger partial charge is 0.195 e. The van der Waals surface area contributed by atoms with Gasteiger partial charge in [0.05, 0.1) is 13.2 Å². The van der Waals surface area contributed by atoms with Crippen LogP contribution in [0.5, 0.6) is 0 Å². The monoisotopic (exact) mass is 267 g/mol. The van der Waals surface area contributed by atoms with E-state index in [9.17, 15) is 0 Å². The molecule has 3 heterocycles. The van der Waals surface area contributed by atoms with Crippen LogP contribution in [0.15, 0.2) is 17.3 Å². The Hall–Kier alpha value is -1.15. The second-order valence-corrected chi connectivity index (χ2v) is 4.88. The lowest BCUT2D eigenvalue weighted by Gasteiger charge is -2.52. The van der Waals surface area contributed by atoms with Gasteiger partial charge >= 0.3 is 0 Å². The van der Waals surface area contributed by atoms with Crippen molar-refractivity contribution in [2.75, 3.05) is 52.5 Å². The molecule has 19 heavy (non-hydrogen) atoms. The molecule has 0 saturated carbocycles. The topological polar surface area (TPSA) is 78.2 Å². The summed E-state index contributed by atoms with van der Waals surface area (Å²) in [5.74, 6) is -0.0733. The van der Waals surface area contributed by atoms with Crippen molar-refractivity contribution in [3.8, 4) is 0 Å². The van der Waals surface area contributed by atoms with Crippen LogP contribution < -0.4 is 16.4 Å². The maximum absolute atomic E-state index is 7.96. The minimum absolute atomic E-state index is 0.281. The molecule has 2 fully saturated rings. The number of aliphatic imine (C=N–C) groups is 1. The van der Waals surface area contributed by atoms with Gasteiger partial charge in [-0.3, -0.25) is 9.80 Å². The maximum atomic E-state index is 7.96. The van der Waals surface area contributed by atoms with Crippen molar-refractivity contribution >= 4 is 5.96 Å². The van der Waals surface area contributed by atoms with Crippen molar-refractivity contribution < 1.29 is 6.11 Å². The molecule has 0 amide bonds. The Labute approximate surface area is 114 Å². The van der Waals surface area contributed by atoms with Crippen molar-refractivity contribution in [1.29, 1.82) is 0 Å². The van der Waals surface area contributed by atoms with Gasteiger partial charge in [0.15, 0.2) is 11.7 Å². The SMILES string of the molecule is [2H]C1CN(C2(N3CCOCC3)C=CN=C(N)N2)CCN1. The Morgan fingerprint density at radius 2 is 2.11 bits per heavy atom. The van der Waals surface area contributed by atoms with E-state index in [0.29, 0.717) is 25.7 Å². The normalized spacial score (nSPS) is 38.4. The summed E-state index contributed by atoms with van der Waals surface area (Å²) < 4.78 is 13.4. The van der Waals surface area contributed by atoms with E-state index in [1.807, 2.05) is 6.08 Å². The second kappa shape index (κ2) is 5.46. The van der Waals surface area contributed by atoms with E-state index < -0.39 is 5.79 Å². The lowest BCUT2D eigenvalue weighted by atomic mass is 10.1. The zero-order valence-corrected chi connectivity index (χ0v) is 11.0. The third-order valence-corrected chi connectivity index (χ3v) is 3.79. The first-order valence-electron chi connectivity index (χ1n) is 7.31. The second-order valence-electron chi connectivity index (χ2n) is 4.88. The predicted octanol–water partition coefficient (Wildman–Crippen LogP) is -1.69. The summed E-state index contributed by atoms with van der Waals surface area (Å²) in [5, 5.41) is 6.47. The summed E-state index contributed by atoms with van der Waals surface area (Å²) >= 11 is 0. The first kappa shape index (κ1) is 11.7. The number of hydrogen-bond acceptors (Lipinski definition) is 7. The maximum Gasteiger partial charge on any atom is 0.195 e. The Balaban J connectivity index is 1.86. The van der Waals surface area contributed by atoms with Crippen molar-refractivity contribution in [3.05, 3.63) is 12.3 Å². The minimum atomic E-state index is -0.489. The number of guanidine groups is 1. The Bertz CT molecular complexity index is 411. The van der Waals surface area contributed by atoms with Crippen molar-refractivity contribution in [2.24, 2.45) is 10.7 Å². The molecule has 0 aromatic rings. The molecule has 2 saturated heterocycles. The number of piperazine rings is 1. The molecule has 0 radical (unpaired) electrons. The first-order chi connectivity index (χ1) is 9.71. The number of morpholine rings is 1. The van der Waals surface area contributed by atoms with Crippen LogP contribution in [-0.4, -0.2) is 74.0 Å². The van der Waals surface area contributed by atoms with Crippen LogP contribution >= 0.6 is 0 Å². The van der Waals surface area contributed by atoms with E-state index in [-0.39, 0.29) is 6.52 Å². The molecule has 0 spiro atoms. The molecule has 3 aliphatic rings. The Morgan fingerprint density at radius 3 is 2.84 bits per heavy atom. The van der Waals surface area contributed by atoms with Crippen LogP contribution in [0.2, 0.25) is 0 Å². The summed E-state index contributed by atoms with van der Waals surface area (Å²) in [6, 6.07) is 0. The molecule has 106 valence electrons. The lowest BCUT2D eigenvalue weighted by molar-refractivity contribution is -0.0876. The lowest BCUT2D eigenvalue weighted by Crippen LogP contribution is -2.74. The fourth-order valence-electron chi connectivity index (χ4n) is 2.83. The van der Waals surface area contributed by atoms with Gasteiger partial charge in [-0.2, -0.15) is 0 Å². The van der Waals surface area contributed by atoms with E-state index in [4.69, 9.17) is 11.8 Å².